The van der Waals surface area contributed by atoms with Crippen LogP contribution in [-0.2, 0) is 6.18 Å². The van der Waals surface area contributed by atoms with Gasteiger partial charge in [0.25, 0.3) is 0 Å². The van der Waals surface area contributed by atoms with Crippen molar-refractivity contribution in [3.63, 3.8) is 0 Å². The molecule has 18 heavy (non-hydrogen) atoms. The van der Waals surface area contributed by atoms with Gasteiger partial charge in [-0.25, -0.2) is 0 Å². The van der Waals surface area contributed by atoms with Crippen LogP contribution in [0.1, 0.15) is 43.7 Å². The molecule has 0 bridgehead atoms. The van der Waals surface area contributed by atoms with Gasteiger partial charge in [-0.1, -0.05) is 19.9 Å². The molecule has 2 rings (SSSR count). The Morgan fingerprint density at radius 2 is 1.94 bits per heavy atom. The van der Waals surface area contributed by atoms with Gasteiger partial charge in [-0.2, -0.15) is 13.2 Å². The SMILES string of the molecule is CC(C)c1ccc(NCC2CC2)c(C(F)(F)F)c1. The van der Waals surface area contributed by atoms with E-state index in [1.54, 1.807) is 12.1 Å². The molecule has 0 radical (unpaired) electrons. The van der Waals surface area contributed by atoms with Gasteiger partial charge in [0.05, 0.1) is 5.56 Å². The highest BCUT2D eigenvalue weighted by Gasteiger charge is 2.34. The first-order chi connectivity index (χ1) is 8.38. The molecule has 0 unspecified atom stereocenters. The highest BCUT2D eigenvalue weighted by Crippen LogP contribution is 2.37. The summed E-state index contributed by atoms with van der Waals surface area (Å²) in [5.74, 6) is 0.652. The van der Waals surface area contributed by atoms with E-state index in [4.69, 9.17) is 0 Å². The molecule has 1 aromatic rings. The molecule has 4 heteroatoms. The average molecular weight is 257 g/mol. The topological polar surface area (TPSA) is 12.0 Å². The number of nitrogens with one attached hydrogen (secondary N) is 1. The first kappa shape index (κ1) is 13.2. The molecule has 0 spiro atoms. The van der Waals surface area contributed by atoms with Gasteiger partial charge in [-0.3, -0.25) is 0 Å². The van der Waals surface area contributed by atoms with Crippen LogP contribution in [-0.4, -0.2) is 6.54 Å². The van der Waals surface area contributed by atoms with E-state index in [-0.39, 0.29) is 11.6 Å². The van der Waals surface area contributed by atoms with Crippen LogP contribution in [0.5, 0.6) is 0 Å². The summed E-state index contributed by atoms with van der Waals surface area (Å²) < 4.78 is 39.0. The first-order valence-corrected chi connectivity index (χ1v) is 6.33. The molecule has 1 N–H and O–H groups in total. The summed E-state index contributed by atoms with van der Waals surface area (Å²) in [6, 6.07) is 4.59. The van der Waals surface area contributed by atoms with Crippen molar-refractivity contribution < 1.29 is 13.2 Å². The maximum absolute atomic E-state index is 13.0. The zero-order valence-corrected chi connectivity index (χ0v) is 10.6. The fourth-order valence-electron chi connectivity index (χ4n) is 1.89. The Hall–Kier alpha value is -1.19. The Morgan fingerprint density at radius 1 is 1.28 bits per heavy atom. The van der Waals surface area contributed by atoms with Crippen molar-refractivity contribution in [1.82, 2.24) is 0 Å². The predicted molar refractivity (Wildman–Crippen MR) is 66.7 cm³/mol. The van der Waals surface area contributed by atoms with Gasteiger partial charge < -0.3 is 5.32 Å². The molecule has 1 aliphatic carbocycles. The maximum Gasteiger partial charge on any atom is 0.418 e. The largest absolute Gasteiger partial charge is 0.418 e. The Bertz CT molecular complexity index is 420. The Labute approximate surface area is 105 Å². The lowest BCUT2D eigenvalue weighted by atomic mass is 9.99. The molecule has 0 heterocycles. The summed E-state index contributed by atoms with van der Waals surface area (Å²) in [7, 11) is 0. The van der Waals surface area contributed by atoms with E-state index in [0.29, 0.717) is 12.5 Å². The van der Waals surface area contributed by atoms with Crippen LogP contribution < -0.4 is 5.32 Å². The second kappa shape index (κ2) is 4.82. The van der Waals surface area contributed by atoms with E-state index in [9.17, 15) is 13.2 Å². The van der Waals surface area contributed by atoms with Crippen molar-refractivity contribution in [3.8, 4) is 0 Å². The summed E-state index contributed by atoms with van der Waals surface area (Å²) in [6.07, 6.45) is -2.05. The monoisotopic (exact) mass is 257 g/mol. The van der Waals surface area contributed by atoms with Crippen molar-refractivity contribution in [1.29, 1.82) is 0 Å². The van der Waals surface area contributed by atoms with Crippen molar-refractivity contribution in [2.45, 2.75) is 38.8 Å². The molecular weight excluding hydrogens is 239 g/mol. The average Bonchev–Trinajstić information content (AvgIpc) is 3.08. The van der Waals surface area contributed by atoms with E-state index in [1.807, 2.05) is 13.8 Å². The van der Waals surface area contributed by atoms with Gasteiger partial charge in [0.1, 0.15) is 0 Å². The molecule has 0 amide bonds. The van der Waals surface area contributed by atoms with E-state index < -0.39 is 11.7 Å². The quantitative estimate of drug-likeness (QED) is 0.827. The number of anilines is 1. The number of benzene rings is 1. The molecule has 100 valence electrons. The number of halogens is 3. The molecule has 1 aromatic carbocycles. The highest BCUT2D eigenvalue weighted by atomic mass is 19.4. The lowest BCUT2D eigenvalue weighted by Gasteiger charge is -2.17. The number of hydrogen-bond donors (Lipinski definition) is 1. The van der Waals surface area contributed by atoms with Crippen LogP contribution in [0.25, 0.3) is 0 Å². The normalized spacial score (nSPS) is 16.1. The second-order valence-electron chi connectivity index (χ2n) is 5.28. The third-order valence-corrected chi connectivity index (χ3v) is 3.29. The minimum Gasteiger partial charge on any atom is -0.384 e. The Morgan fingerprint density at radius 3 is 2.44 bits per heavy atom. The van der Waals surface area contributed by atoms with Crippen LogP contribution >= 0.6 is 0 Å². The van der Waals surface area contributed by atoms with Crippen LogP contribution in [0.15, 0.2) is 18.2 Å². The number of hydrogen-bond acceptors (Lipinski definition) is 1. The lowest BCUT2D eigenvalue weighted by molar-refractivity contribution is -0.137. The molecule has 1 saturated carbocycles. The third kappa shape index (κ3) is 3.18. The molecule has 0 aromatic heterocycles. The fourth-order valence-corrected chi connectivity index (χ4v) is 1.89. The van der Waals surface area contributed by atoms with E-state index in [2.05, 4.69) is 5.32 Å². The zero-order valence-electron chi connectivity index (χ0n) is 10.6. The minimum absolute atomic E-state index is 0.101. The van der Waals surface area contributed by atoms with Gasteiger partial charge >= 0.3 is 6.18 Å². The lowest BCUT2D eigenvalue weighted by Crippen LogP contribution is -2.13. The third-order valence-electron chi connectivity index (χ3n) is 3.29. The molecule has 0 saturated heterocycles. The van der Waals surface area contributed by atoms with Crippen LogP contribution in [0.3, 0.4) is 0 Å². The van der Waals surface area contributed by atoms with E-state index in [1.165, 1.54) is 6.07 Å². The minimum atomic E-state index is -4.29. The van der Waals surface area contributed by atoms with Crippen molar-refractivity contribution in [2.75, 3.05) is 11.9 Å². The van der Waals surface area contributed by atoms with Crippen LogP contribution in [0.2, 0.25) is 0 Å². The van der Waals surface area contributed by atoms with Crippen LogP contribution in [0, 0.1) is 5.92 Å². The number of rotatable bonds is 4. The molecule has 0 atom stereocenters. The van der Waals surface area contributed by atoms with Crippen LogP contribution in [0.4, 0.5) is 18.9 Å². The fraction of sp³-hybridized carbons (Fsp3) is 0.571. The molecular formula is C14H18F3N. The zero-order chi connectivity index (χ0) is 13.3. The highest BCUT2D eigenvalue weighted by molar-refractivity contribution is 5.54. The molecule has 1 nitrogen and oxygen atoms in total. The first-order valence-electron chi connectivity index (χ1n) is 6.33. The summed E-state index contributed by atoms with van der Waals surface area (Å²) in [5, 5.41) is 2.93. The second-order valence-corrected chi connectivity index (χ2v) is 5.28. The summed E-state index contributed by atoms with van der Waals surface area (Å²) >= 11 is 0. The van der Waals surface area contributed by atoms with Crippen molar-refractivity contribution >= 4 is 5.69 Å². The summed E-state index contributed by atoms with van der Waals surface area (Å²) in [4.78, 5) is 0. The summed E-state index contributed by atoms with van der Waals surface area (Å²) in [6.45, 7) is 4.43. The predicted octanol–water partition coefficient (Wildman–Crippen LogP) is 4.65. The summed E-state index contributed by atoms with van der Waals surface area (Å²) in [5.41, 5.74) is 0.382. The molecule has 0 aliphatic heterocycles. The Balaban J connectivity index is 2.25. The van der Waals surface area contributed by atoms with E-state index >= 15 is 0 Å². The van der Waals surface area contributed by atoms with Crippen molar-refractivity contribution in [3.05, 3.63) is 29.3 Å². The molecule has 1 aliphatic rings. The van der Waals surface area contributed by atoms with Gasteiger partial charge in [0.2, 0.25) is 0 Å². The van der Waals surface area contributed by atoms with E-state index in [0.717, 1.165) is 18.4 Å². The Kier molecular flexibility index (Phi) is 3.55. The van der Waals surface area contributed by atoms with Gasteiger partial charge in [-0.05, 0) is 42.4 Å². The maximum atomic E-state index is 13.0. The van der Waals surface area contributed by atoms with Gasteiger partial charge in [-0.15, -0.1) is 0 Å². The standard InChI is InChI=1S/C14H18F3N/c1-9(2)11-5-6-13(18-8-10-3-4-10)12(7-11)14(15,16)17/h5-7,9-10,18H,3-4,8H2,1-2H3. The van der Waals surface area contributed by atoms with Gasteiger partial charge in [0, 0.05) is 12.2 Å². The van der Waals surface area contributed by atoms with Crippen molar-refractivity contribution in [2.24, 2.45) is 5.92 Å². The molecule has 1 fully saturated rings. The van der Waals surface area contributed by atoms with Gasteiger partial charge in [0.15, 0.2) is 0 Å². The smallest absolute Gasteiger partial charge is 0.384 e. The number of alkyl halides is 3.